The standard InChI is InChI=1S/C14H11BrCl2N2O2/c1-7-2-11(16)19-14(17)12(7)18-5-8-3-9(15)13-10(4-8)20-6-21-13/h2-4,18H,5-6H2,1H3. The van der Waals surface area contributed by atoms with Crippen molar-refractivity contribution in [1.29, 1.82) is 0 Å². The number of ether oxygens (including phenoxy) is 2. The normalized spacial score (nSPS) is 12.6. The molecule has 0 unspecified atom stereocenters. The molecule has 1 N–H and O–H groups in total. The molecule has 1 aromatic heterocycles. The molecule has 1 aliphatic heterocycles. The highest BCUT2D eigenvalue weighted by atomic mass is 79.9. The van der Waals surface area contributed by atoms with Crippen LogP contribution < -0.4 is 14.8 Å². The molecule has 0 aliphatic carbocycles. The number of benzene rings is 1. The maximum atomic E-state index is 6.11. The van der Waals surface area contributed by atoms with Crippen LogP contribution in [-0.2, 0) is 6.54 Å². The van der Waals surface area contributed by atoms with E-state index in [0.29, 0.717) is 16.9 Å². The molecule has 0 saturated carbocycles. The molecule has 1 aromatic carbocycles. The summed E-state index contributed by atoms with van der Waals surface area (Å²) in [6, 6.07) is 5.69. The lowest BCUT2D eigenvalue weighted by Crippen LogP contribution is -2.03. The van der Waals surface area contributed by atoms with E-state index in [2.05, 4.69) is 26.2 Å². The molecule has 0 amide bonds. The first-order valence-corrected chi connectivity index (χ1v) is 7.74. The van der Waals surface area contributed by atoms with E-state index in [1.165, 1.54) is 0 Å². The number of nitrogens with one attached hydrogen (secondary N) is 1. The third-order valence-corrected chi connectivity index (χ3v) is 4.15. The Bertz CT molecular complexity index is 687. The maximum absolute atomic E-state index is 6.11. The molecule has 0 spiro atoms. The van der Waals surface area contributed by atoms with Gasteiger partial charge in [-0.3, -0.25) is 0 Å². The smallest absolute Gasteiger partial charge is 0.231 e. The lowest BCUT2D eigenvalue weighted by Gasteiger charge is -2.12. The first kappa shape index (κ1) is 14.8. The minimum atomic E-state index is 0.247. The van der Waals surface area contributed by atoms with Crippen molar-refractivity contribution in [3.8, 4) is 11.5 Å². The summed E-state index contributed by atoms with van der Waals surface area (Å²) in [7, 11) is 0. The number of hydrogen-bond acceptors (Lipinski definition) is 4. The first-order chi connectivity index (χ1) is 10.0. The van der Waals surface area contributed by atoms with Crippen molar-refractivity contribution in [3.63, 3.8) is 0 Å². The SMILES string of the molecule is Cc1cc(Cl)nc(Cl)c1NCc1cc(Br)c2c(c1)OCO2. The third-order valence-electron chi connectivity index (χ3n) is 3.10. The van der Waals surface area contributed by atoms with Crippen molar-refractivity contribution < 1.29 is 9.47 Å². The summed E-state index contributed by atoms with van der Waals surface area (Å²) in [6.07, 6.45) is 0. The largest absolute Gasteiger partial charge is 0.454 e. The zero-order valence-electron chi connectivity index (χ0n) is 11.0. The van der Waals surface area contributed by atoms with Gasteiger partial charge in [-0.2, -0.15) is 0 Å². The lowest BCUT2D eigenvalue weighted by molar-refractivity contribution is 0.173. The molecule has 0 radical (unpaired) electrons. The molecular formula is C14H11BrCl2N2O2. The molecule has 0 saturated heterocycles. The van der Waals surface area contributed by atoms with Gasteiger partial charge in [0.05, 0.1) is 10.2 Å². The Morgan fingerprint density at radius 2 is 2.10 bits per heavy atom. The Balaban J connectivity index is 1.81. The van der Waals surface area contributed by atoms with Crippen molar-refractivity contribution in [1.82, 2.24) is 4.98 Å². The van der Waals surface area contributed by atoms with E-state index in [1.807, 2.05) is 19.1 Å². The second kappa shape index (κ2) is 5.91. The summed E-state index contributed by atoms with van der Waals surface area (Å²) in [5.41, 5.74) is 2.76. The zero-order valence-corrected chi connectivity index (χ0v) is 14.1. The van der Waals surface area contributed by atoms with E-state index in [1.54, 1.807) is 6.07 Å². The summed E-state index contributed by atoms with van der Waals surface area (Å²) in [6.45, 7) is 2.76. The van der Waals surface area contributed by atoms with Crippen LogP contribution in [-0.4, -0.2) is 11.8 Å². The molecule has 110 valence electrons. The number of halogens is 3. The Morgan fingerprint density at radius 1 is 1.29 bits per heavy atom. The zero-order chi connectivity index (χ0) is 15.0. The van der Waals surface area contributed by atoms with Crippen LogP contribution in [0.2, 0.25) is 10.3 Å². The van der Waals surface area contributed by atoms with Gasteiger partial charge < -0.3 is 14.8 Å². The molecule has 7 heteroatoms. The molecule has 4 nitrogen and oxygen atoms in total. The van der Waals surface area contributed by atoms with Gasteiger partial charge in [0.1, 0.15) is 5.15 Å². The fraction of sp³-hybridized carbons (Fsp3) is 0.214. The van der Waals surface area contributed by atoms with Crippen LogP contribution in [0.1, 0.15) is 11.1 Å². The van der Waals surface area contributed by atoms with Gasteiger partial charge in [-0.1, -0.05) is 23.2 Å². The molecule has 0 atom stereocenters. The van der Waals surface area contributed by atoms with E-state index in [0.717, 1.165) is 32.8 Å². The summed E-state index contributed by atoms with van der Waals surface area (Å²) in [5.74, 6) is 1.47. The molecule has 21 heavy (non-hydrogen) atoms. The van der Waals surface area contributed by atoms with Crippen LogP contribution in [0.5, 0.6) is 11.5 Å². The molecular weight excluding hydrogens is 379 g/mol. The predicted octanol–water partition coefficient (Wildman–Crippen LogP) is 4.80. The van der Waals surface area contributed by atoms with Crippen molar-refractivity contribution in [3.05, 3.63) is 44.1 Å². The number of fused-ring (bicyclic) bond motifs is 1. The van der Waals surface area contributed by atoms with Gasteiger partial charge in [-0.25, -0.2) is 4.98 Å². The van der Waals surface area contributed by atoms with Crippen LogP contribution in [0.3, 0.4) is 0 Å². The Hall–Kier alpha value is -1.17. The fourth-order valence-corrected chi connectivity index (χ4v) is 3.32. The van der Waals surface area contributed by atoms with Gasteiger partial charge in [0.15, 0.2) is 16.7 Å². The second-order valence-corrected chi connectivity index (χ2v) is 6.19. The topological polar surface area (TPSA) is 43.4 Å². The van der Waals surface area contributed by atoms with Crippen LogP contribution in [0.25, 0.3) is 0 Å². The number of nitrogens with zero attached hydrogens (tertiary/aromatic N) is 1. The number of aromatic nitrogens is 1. The maximum Gasteiger partial charge on any atom is 0.231 e. The van der Waals surface area contributed by atoms with E-state index in [4.69, 9.17) is 32.7 Å². The average molecular weight is 390 g/mol. The summed E-state index contributed by atoms with van der Waals surface area (Å²) in [5, 5.41) is 4.02. The van der Waals surface area contributed by atoms with Crippen molar-refractivity contribution in [2.75, 3.05) is 12.1 Å². The van der Waals surface area contributed by atoms with Crippen molar-refractivity contribution >= 4 is 44.8 Å². The molecule has 0 fully saturated rings. The minimum Gasteiger partial charge on any atom is -0.454 e. The summed E-state index contributed by atoms with van der Waals surface area (Å²) < 4.78 is 11.6. The number of hydrogen-bond donors (Lipinski definition) is 1. The number of rotatable bonds is 3. The molecule has 2 heterocycles. The van der Waals surface area contributed by atoms with Gasteiger partial charge >= 0.3 is 0 Å². The predicted molar refractivity (Wildman–Crippen MR) is 86.6 cm³/mol. The van der Waals surface area contributed by atoms with Crippen molar-refractivity contribution in [2.24, 2.45) is 0 Å². The summed E-state index contributed by atoms with van der Waals surface area (Å²) >= 11 is 15.5. The van der Waals surface area contributed by atoms with Crippen LogP contribution in [0, 0.1) is 6.92 Å². The quantitative estimate of drug-likeness (QED) is 0.765. The molecule has 2 aromatic rings. The molecule has 0 bridgehead atoms. The number of anilines is 1. The van der Waals surface area contributed by atoms with Crippen LogP contribution in [0.15, 0.2) is 22.7 Å². The Labute approximate surface area is 140 Å². The highest BCUT2D eigenvalue weighted by Gasteiger charge is 2.18. The van der Waals surface area contributed by atoms with Crippen LogP contribution in [0.4, 0.5) is 5.69 Å². The fourth-order valence-electron chi connectivity index (χ4n) is 2.12. The van der Waals surface area contributed by atoms with E-state index in [-0.39, 0.29) is 6.79 Å². The van der Waals surface area contributed by atoms with E-state index in [9.17, 15) is 0 Å². The monoisotopic (exact) mass is 388 g/mol. The number of aryl methyl sites for hydroxylation is 1. The summed E-state index contributed by atoms with van der Waals surface area (Å²) in [4.78, 5) is 4.04. The second-order valence-electron chi connectivity index (χ2n) is 4.59. The van der Waals surface area contributed by atoms with Gasteiger partial charge in [-0.05, 0) is 52.2 Å². The molecule has 3 rings (SSSR count). The third kappa shape index (κ3) is 3.05. The highest BCUT2D eigenvalue weighted by molar-refractivity contribution is 9.10. The lowest BCUT2D eigenvalue weighted by atomic mass is 10.2. The Kier molecular flexibility index (Phi) is 4.15. The van der Waals surface area contributed by atoms with E-state index >= 15 is 0 Å². The average Bonchev–Trinajstić information content (AvgIpc) is 2.86. The van der Waals surface area contributed by atoms with Gasteiger partial charge in [0.25, 0.3) is 0 Å². The van der Waals surface area contributed by atoms with Gasteiger partial charge in [-0.15, -0.1) is 0 Å². The Morgan fingerprint density at radius 3 is 2.86 bits per heavy atom. The van der Waals surface area contributed by atoms with Gasteiger partial charge in [0, 0.05) is 6.54 Å². The van der Waals surface area contributed by atoms with E-state index < -0.39 is 0 Å². The number of pyridine rings is 1. The highest BCUT2D eigenvalue weighted by Crippen LogP contribution is 2.40. The van der Waals surface area contributed by atoms with Crippen LogP contribution >= 0.6 is 39.1 Å². The van der Waals surface area contributed by atoms with Gasteiger partial charge in [0.2, 0.25) is 6.79 Å². The molecule has 1 aliphatic rings. The first-order valence-electron chi connectivity index (χ1n) is 6.19. The van der Waals surface area contributed by atoms with Crippen molar-refractivity contribution in [2.45, 2.75) is 13.5 Å². The minimum absolute atomic E-state index is 0.247.